The SMILES string of the molecule is CN1C(=O)CCc2cccc(-c3cncc(CNC(=O)CC(F)(F)F)c3)c21. The molecule has 1 aromatic carbocycles. The van der Waals surface area contributed by atoms with Gasteiger partial charge in [0.15, 0.2) is 0 Å². The number of aryl methyl sites for hydroxylation is 1. The van der Waals surface area contributed by atoms with Crippen LogP contribution < -0.4 is 10.2 Å². The lowest BCUT2D eigenvalue weighted by molar-refractivity contribution is -0.153. The summed E-state index contributed by atoms with van der Waals surface area (Å²) in [4.78, 5) is 29.2. The molecule has 1 aromatic heterocycles. The van der Waals surface area contributed by atoms with E-state index in [1.165, 1.54) is 6.20 Å². The van der Waals surface area contributed by atoms with Gasteiger partial charge in [-0.15, -0.1) is 0 Å². The molecule has 2 amide bonds. The van der Waals surface area contributed by atoms with Crippen LogP contribution in [0.4, 0.5) is 18.9 Å². The molecule has 3 rings (SSSR count). The van der Waals surface area contributed by atoms with Crippen LogP contribution in [-0.4, -0.2) is 30.0 Å². The predicted molar refractivity (Wildman–Crippen MR) is 93.9 cm³/mol. The van der Waals surface area contributed by atoms with Crippen molar-refractivity contribution in [3.8, 4) is 11.1 Å². The number of anilines is 1. The highest BCUT2D eigenvalue weighted by molar-refractivity contribution is 6.00. The van der Waals surface area contributed by atoms with E-state index in [1.54, 1.807) is 24.2 Å². The lowest BCUT2D eigenvalue weighted by Crippen LogP contribution is -2.31. The first-order valence-corrected chi connectivity index (χ1v) is 8.41. The van der Waals surface area contributed by atoms with Crippen molar-refractivity contribution in [1.29, 1.82) is 0 Å². The third-order valence-corrected chi connectivity index (χ3v) is 4.39. The van der Waals surface area contributed by atoms with Gasteiger partial charge in [0, 0.05) is 43.5 Å². The number of aromatic nitrogens is 1. The molecule has 0 aliphatic carbocycles. The molecule has 0 spiro atoms. The fourth-order valence-corrected chi connectivity index (χ4v) is 3.13. The monoisotopic (exact) mass is 377 g/mol. The van der Waals surface area contributed by atoms with Crippen molar-refractivity contribution >= 4 is 17.5 Å². The van der Waals surface area contributed by atoms with E-state index in [-0.39, 0.29) is 12.5 Å². The maximum absolute atomic E-state index is 12.2. The second-order valence-corrected chi connectivity index (χ2v) is 6.42. The van der Waals surface area contributed by atoms with Crippen molar-refractivity contribution in [3.63, 3.8) is 0 Å². The summed E-state index contributed by atoms with van der Waals surface area (Å²) in [5.41, 5.74) is 3.99. The number of hydrogen-bond acceptors (Lipinski definition) is 3. The van der Waals surface area contributed by atoms with Gasteiger partial charge in [-0.1, -0.05) is 18.2 Å². The van der Waals surface area contributed by atoms with E-state index in [2.05, 4.69) is 10.3 Å². The highest BCUT2D eigenvalue weighted by atomic mass is 19.4. The van der Waals surface area contributed by atoms with Crippen LogP contribution in [0.25, 0.3) is 11.1 Å². The minimum Gasteiger partial charge on any atom is -0.352 e. The lowest BCUT2D eigenvalue weighted by atomic mass is 9.94. The molecule has 0 atom stereocenters. The summed E-state index contributed by atoms with van der Waals surface area (Å²) in [5.74, 6) is -1.06. The van der Waals surface area contributed by atoms with E-state index < -0.39 is 18.5 Å². The minimum absolute atomic E-state index is 0.0264. The van der Waals surface area contributed by atoms with Crippen molar-refractivity contribution in [2.45, 2.75) is 32.0 Å². The first-order valence-electron chi connectivity index (χ1n) is 8.41. The number of nitrogens with one attached hydrogen (secondary N) is 1. The van der Waals surface area contributed by atoms with Gasteiger partial charge in [0.05, 0.1) is 5.69 Å². The second-order valence-electron chi connectivity index (χ2n) is 6.42. The van der Waals surface area contributed by atoms with Crippen LogP contribution in [0.3, 0.4) is 0 Å². The number of hydrogen-bond donors (Lipinski definition) is 1. The Hall–Kier alpha value is -2.90. The molecule has 142 valence electrons. The maximum atomic E-state index is 12.2. The van der Waals surface area contributed by atoms with E-state index in [9.17, 15) is 22.8 Å². The van der Waals surface area contributed by atoms with Gasteiger partial charge < -0.3 is 10.2 Å². The average Bonchev–Trinajstić information content (AvgIpc) is 2.61. The molecule has 0 unspecified atom stereocenters. The molecule has 2 aromatic rings. The van der Waals surface area contributed by atoms with Crippen molar-refractivity contribution in [3.05, 3.63) is 47.8 Å². The van der Waals surface area contributed by atoms with E-state index in [0.29, 0.717) is 18.4 Å². The number of benzene rings is 1. The topological polar surface area (TPSA) is 62.3 Å². The third-order valence-electron chi connectivity index (χ3n) is 4.39. The third kappa shape index (κ3) is 4.45. The average molecular weight is 377 g/mol. The summed E-state index contributed by atoms with van der Waals surface area (Å²) in [7, 11) is 1.72. The number of amides is 2. The van der Waals surface area contributed by atoms with Crippen molar-refractivity contribution in [1.82, 2.24) is 10.3 Å². The Labute approximate surface area is 154 Å². The van der Waals surface area contributed by atoms with E-state index in [4.69, 9.17) is 0 Å². The van der Waals surface area contributed by atoms with Crippen LogP contribution in [0.5, 0.6) is 0 Å². The lowest BCUT2D eigenvalue weighted by Gasteiger charge is -2.28. The van der Waals surface area contributed by atoms with Gasteiger partial charge in [-0.3, -0.25) is 14.6 Å². The molecule has 5 nitrogen and oxygen atoms in total. The number of fused-ring (bicyclic) bond motifs is 1. The van der Waals surface area contributed by atoms with E-state index >= 15 is 0 Å². The van der Waals surface area contributed by atoms with Crippen LogP contribution in [-0.2, 0) is 22.6 Å². The smallest absolute Gasteiger partial charge is 0.352 e. The second kappa shape index (κ2) is 7.38. The van der Waals surface area contributed by atoms with Crippen molar-refractivity contribution in [2.75, 3.05) is 11.9 Å². The Balaban J connectivity index is 1.83. The maximum Gasteiger partial charge on any atom is 0.397 e. The molecular weight excluding hydrogens is 359 g/mol. The molecular formula is C19H18F3N3O2. The van der Waals surface area contributed by atoms with Crippen molar-refractivity contribution in [2.24, 2.45) is 0 Å². The number of rotatable bonds is 4. The Bertz CT molecular complexity index is 881. The molecule has 1 aliphatic heterocycles. The van der Waals surface area contributed by atoms with Crippen LogP contribution in [0.1, 0.15) is 24.0 Å². The summed E-state index contributed by atoms with van der Waals surface area (Å²) in [6, 6.07) is 7.49. The van der Waals surface area contributed by atoms with Gasteiger partial charge >= 0.3 is 6.18 Å². The van der Waals surface area contributed by atoms with Gasteiger partial charge in [-0.2, -0.15) is 13.2 Å². The van der Waals surface area contributed by atoms with Gasteiger partial charge in [0.1, 0.15) is 6.42 Å². The van der Waals surface area contributed by atoms with Crippen LogP contribution in [0.15, 0.2) is 36.7 Å². The zero-order valence-electron chi connectivity index (χ0n) is 14.6. The highest BCUT2D eigenvalue weighted by Gasteiger charge is 2.31. The first kappa shape index (κ1) is 18.9. The van der Waals surface area contributed by atoms with E-state index in [0.717, 1.165) is 22.4 Å². The highest BCUT2D eigenvalue weighted by Crippen LogP contribution is 2.37. The molecule has 0 bridgehead atoms. The molecule has 0 fully saturated rings. The Kier molecular flexibility index (Phi) is 5.16. The quantitative estimate of drug-likeness (QED) is 0.890. The zero-order valence-corrected chi connectivity index (χ0v) is 14.6. The molecule has 2 heterocycles. The Morgan fingerprint density at radius 1 is 1.26 bits per heavy atom. The van der Waals surface area contributed by atoms with E-state index in [1.807, 2.05) is 18.2 Å². The normalized spacial score (nSPS) is 14.1. The predicted octanol–water partition coefficient (Wildman–Crippen LogP) is 3.23. The van der Waals surface area contributed by atoms with Gasteiger partial charge in [-0.25, -0.2) is 0 Å². The molecule has 0 radical (unpaired) electrons. The molecule has 27 heavy (non-hydrogen) atoms. The number of halogens is 3. The number of nitrogens with zero attached hydrogens (tertiary/aromatic N) is 2. The number of pyridine rings is 1. The Morgan fingerprint density at radius 3 is 2.78 bits per heavy atom. The number of carbonyl (C=O) groups is 2. The summed E-state index contributed by atoms with van der Waals surface area (Å²) >= 11 is 0. The molecule has 0 saturated carbocycles. The fourth-order valence-electron chi connectivity index (χ4n) is 3.13. The standard InChI is InChI=1S/C19H18F3N3O2/c1-25-17(27)6-5-13-3-2-4-15(18(13)25)14-7-12(9-23-11-14)10-24-16(26)8-19(20,21)22/h2-4,7,9,11H,5-6,8,10H2,1H3,(H,24,26). The summed E-state index contributed by atoms with van der Waals surface area (Å²) in [6.45, 7) is -0.0560. The molecule has 1 N–H and O–H groups in total. The first-order chi connectivity index (χ1) is 12.7. The summed E-state index contributed by atoms with van der Waals surface area (Å²) in [6.07, 6.45) is -1.82. The Morgan fingerprint density at radius 2 is 2.04 bits per heavy atom. The molecule has 1 aliphatic rings. The van der Waals surface area contributed by atoms with Gasteiger partial charge in [0.2, 0.25) is 11.8 Å². The molecule has 8 heteroatoms. The largest absolute Gasteiger partial charge is 0.397 e. The zero-order chi connectivity index (χ0) is 19.6. The minimum atomic E-state index is -4.54. The van der Waals surface area contributed by atoms with Crippen LogP contribution in [0, 0.1) is 0 Å². The molecule has 0 saturated heterocycles. The van der Waals surface area contributed by atoms with Gasteiger partial charge in [0.25, 0.3) is 0 Å². The number of alkyl halides is 3. The summed E-state index contributed by atoms with van der Waals surface area (Å²) < 4.78 is 36.7. The van der Waals surface area contributed by atoms with Gasteiger partial charge in [-0.05, 0) is 23.6 Å². The fraction of sp³-hybridized carbons (Fsp3) is 0.316. The number of para-hydroxylation sites is 1. The van der Waals surface area contributed by atoms with Crippen molar-refractivity contribution < 1.29 is 22.8 Å². The summed E-state index contributed by atoms with van der Waals surface area (Å²) in [5, 5.41) is 2.25. The number of carbonyl (C=O) groups excluding carboxylic acids is 2. The van der Waals surface area contributed by atoms with Crippen LogP contribution in [0.2, 0.25) is 0 Å². The van der Waals surface area contributed by atoms with Crippen LogP contribution >= 0.6 is 0 Å².